The van der Waals surface area contributed by atoms with E-state index in [1.54, 1.807) is 0 Å². The molecule has 5 heteroatoms. The lowest BCUT2D eigenvalue weighted by molar-refractivity contribution is -0.119. The van der Waals surface area contributed by atoms with Gasteiger partial charge in [-0.05, 0) is 49.1 Å². The van der Waals surface area contributed by atoms with Crippen LogP contribution >= 0.6 is 0 Å². The number of rotatable bonds is 7. The fourth-order valence-electron chi connectivity index (χ4n) is 3.42. The number of carbonyl (C=O) groups is 2. The summed E-state index contributed by atoms with van der Waals surface area (Å²) in [5.41, 5.74) is 2.76. The van der Waals surface area contributed by atoms with Crippen molar-refractivity contribution in [1.29, 1.82) is 0 Å². The number of hydrogen-bond acceptors (Lipinski definition) is 3. The van der Waals surface area contributed by atoms with Crippen molar-refractivity contribution in [1.82, 2.24) is 10.2 Å². The van der Waals surface area contributed by atoms with Gasteiger partial charge in [-0.15, -0.1) is 0 Å². The Labute approximate surface area is 167 Å². The Morgan fingerprint density at radius 3 is 2.21 bits per heavy atom. The van der Waals surface area contributed by atoms with E-state index in [0.717, 1.165) is 38.0 Å². The van der Waals surface area contributed by atoms with Crippen molar-refractivity contribution >= 4 is 17.5 Å². The van der Waals surface area contributed by atoms with Crippen molar-refractivity contribution in [2.24, 2.45) is 0 Å². The first-order valence-electron chi connectivity index (χ1n) is 10.2. The Hall–Kier alpha value is -2.82. The normalized spacial score (nSPS) is 14.2. The van der Waals surface area contributed by atoms with Crippen molar-refractivity contribution in [2.45, 2.75) is 32.1 Å². The molecule has 28 heavy (non-hydrogen) atoms. The number of nitrogens with one attached hydrogen (secondary N) is 2. The third-order valence-corrected chi connectivity index (χ3v) is 5.06. The predicted molar refractivity (Wildman–Crippen MR) is 112 cm³/mol. The van der Waals surface area contributed by atoms with E-state index in [0.29, 0.717) is 12.1 Å². The number of carbonyl (C=O) groups excluding carboxylic acids is 2. The third-order valence-electron chi connectivity index (χ3n) is 5.06. The number of benzene rings is 2. The topological polar surface area (TPSA) is 61.4 Å². The summed E-state index contributed by atoms with van der Waals surface area (Å²) in [4.78, 5) is 26.5. The van der Waals surface area contributed by atoms with Gasteiger partial charge >= 0.3 is 0 Å². The number of anilines is 1. The van der Waals surface area contributed by atoms with Crippen LogP contribution in [0.1, 0.15) is 41.6 Å². The Balaban J connectivity index is 1.41. The SMILES string of the molecule is O=C(CNc1ccc(C(=O)N2CCCCCC2)cc1)NCCc1ccccc1. The highest BCUT2D eigenvalue weighted by Crippen LogP contribution is 2.15. The average Bonchev–Trinajstić information content (AvgIpc) is 3.02. The van der Waals surface area contributed by atoms with Crippen molar-refractivity contribution in [2.75, 3.05) is 31.5 Å². The van der Waals surface area contributed by atoms with E-state index in [1.807, 2.05) is 47.4 Å². The lowest BCUT2D eigenvalue weighted by Gasteiger charge is -2.20. The first-order valence-corrected chi connectivity index (χ1v) is 10.2. The molecule has 0 aromatic heterocycles. The largest absolute Gasteiger partial charge is 0.376 e. The zero-order chi connectivity index (χ0) is 19.6. The summed E-state index contributed by atoms with van der Waals surface area (Å²) in [6, 6.07) is 17.5. The molecule has 3 rings (SSSR count). The summed E-state index contributed by atoms with van der Waals surface area (Å²) in [6.07, 6.45) is 5.41. The van der Waals surface area contributed by atoms with Crippen LogP contribution in [0.5, 0.6) is 0 Å². The molecule has 0 bridgehead atoms. The van der Waals surface area contributed by atoms with Gasteiger partial charge in [-0.1, -0.05) is 43.2 Å². The molecule has 0 unspecified atom stereocenters. The maximum atomic E-state index is 12.6. The molecule has 0 aliphatic carbocycles. The van der Waals surface area contributed by atoms with Crippen LogP contribution < -0.4 is 10.6 Å². The zero-order valence-corrected chi connectivity index (χ0v) is 16.3. The molecule has 2 N–H and O–H groups in total. The van der Waals surface area contributed by atoms with Crippen molar-refractivity contribution in [3.8, 4) is 0 Å². The molecule has 0 atom stereocenters. The molecule has 0 spiro atoms. The van der Waals surface area contributed by atoms with Crippen LogP contribution in [0.15, 0.2) is 54.6 Å². The highest BCUT2D eigenvalue weighted by Gasteiger charge is 2.17. The van der Waals surface area contributed by atoms with E-state index >= 15 is 0 Å². The fraction of sp³-hybridized carbons (Fsp3) is 0.391. The lowest BCUT2D eigenvalue weighted by Crippen LogP contribution is -2.32. The zero-order valence-electron chi connectivity index (χ0n) is 16.3. The Bertz CT molecular complexity index is 751. The van der Waals surface area contributed by atoms with Crippen LogP contribution in [0.2, 0.25) is 0 Å². The molecule has 148 valence electrons. The van der Waals surface area contributed by atoms with Crippen molar-refractivity contribution in [3.63, 3.8) is 0 Å². The minimum Gasteiger partial charge on any atom is -0.376 e. The number of likely N-dealkylation sites (tertiary alicyclic amines) is 1. The molecule has 0 saturated carbocycles. The van der Waals surface area contributed by atoms with E-state index in [9.17, 15) is 9.59 Å². The molecule has 0 radical (unpaired) electrons. The molecule has 1 aliphatic rings. The van der Waals surface area contributed by atoms with Crippen LogP contribution in [0.25, 0.3) is 0 Å². The van der Waals surface area contributed by atoms with E-state index < -0.39 is 0 Å². The Morgan fingerprint density at radius 1 is 0.857 bits per heavy atom. The summed E-state index contributed by atoms with van der Waals surface area (Å²) in [5, 5.41) is 6.03. The van der Waals surface area contributed by atoms with Gasteiger partial charge in [-0.25, -0.2) is 0 Å². The molecule has 1 saturated heterocycles. The van der Waals surface area contributed by atoms with Crippen molar-refractivity contribution < 1.29 is 9.59 Å². The third kappa shape index (κ3) is 6.12. The lowest BCUT2D eigenvalue weighted by atomic mass is 10.1. The Morgan fingerprint density at radius 2 is 1.54 bits per heavy atom. The first kappa shape index (κ1) is 19.9. The molecule has 1 fully saturated rings. The van der Waals surface area contributed by atoms with Gasteiger partial charge in [-0.3, -0.25) is 9.59 Å². The Kier molecular flexibility index (Phi) is 7.47. The number of amides is 2. The summed E-state index contributed by atoms with van der Waals surface area (Å²) in [7, 11) is 0. The van der Waals surface area contributed by atoms with Crippen LogP contribution in [0, 0.1) is 0 Å². The second-order valence-electron chi connectivity index (χ2n) is 7.22. The van der Waals surface area contributed by atoms with Crippen LogP contribution in [-0.4, -0.2) is 42.9 Å². The summed E-state index contributed by atoms with van der Waals surface area (Å²) in [5.74, 6) is 0.0627. The minimum atomic E-state index is -0.0411. The van der Waals surface area contributed by atoms with E-state index in [1.165, 1.54) is 18.4 Å². The maximum Gasteiger partial charge on any atom is 0.253 e. The predicted octanol–water partition coefficient (Wildman–Crippen LogP) is 3.47. The smallest absolute Gasteiger partial charge is 0.253 e. The molecular formula is C23H29N3O2. The monoisotopic (exact) mass is 379 g/mol. The molecule has 2 aromatic carbocycles. The number of nitrogens with zero attached hydrogens (tertiary/aromatic N) is 1. The van der Waals surface area contributed by atoms with Gasteiger partial charge in [-0.2, -0.15) is 0 Å². The van der Waals surface area contributed by atoms with Gasteiger partial charge in [0.2, 0.25) is 5.91 Å². The molecule has 2 amide bonds. The quantitative estimate of drug-likeness (QED) is 0.774. The maximum absolute atomic E-state index is 12.6. The molecular weight excluding hydrogens is 350 g/mol. The summed E-state index contributed by atoms with van der Waals surface area (Å²) >= 11 is 0. The standard InChI is InChI=1S/C23H29N3O2/c27-22(24-15-14-19-8-4-3-5-9-19)18-25-21-12-10-20(11-13-21)23(28)26-16-6-1-2-7-17-26/h3-5,8-13,25H,1-2,6-7,14-18H2,(H,24,27). The van der Waals surface area contributed by atoms with Gasteiger partial charge in [0.25, 0.3) is 5.91 Å². The van der Waals surface area contributed by atoms with E-state index in [-0.39, 0.29) is 18.4 Å². The van der Waals surface area contributed by atoms with Crippen molar-refractivity contribution in [3.05, 3.63) is 65.7 Å². The second-order valence-corrected chi connectivity index (χ2v) is 7.22. The highest BCUT2D eigenvalue weighted by atomic mass is 16.2. The minimum absolute atomic E-state index is 0.0411. The first-order chi connectivity index (χ1) is 13.7. The highest BCUT2D eigenvalue weighted by molar-refractivity contribution is 5.94. The summed E-state index contributed by atoms with van der Waals surface area (Å²) < 4.78 is 0. The second kappa shape index (κ2) is 10.5. The van der Waals surface area contributed by atoms with Crippen LogP contribution in [0.3, 0.4) is 0 Å². The number of hydrogen-bond donors (Lipinski definition) is 2. The van der Waals surface area contributed by atoms with Gasteiger partial charge in [0, 0.05) is 30.9 Å². The van der Waals surface area contributed by atoms with Gasteiger partial charge in [0.15, 0.2) is 0 Å². The van der Waals surface area contributed by atoms with Gasteiger partial charge in [0.05, 0.1) is 6.54 Å². The van der Waals surface area contributed by atoms with E-state index in [4.69, 9.17) is 0 Å². The summed E-state index contributed by atoms with van der Waals surface area (Å²) in [6.45, 7) is 2.53. The van der Waals surface area contributed by atoms with Crippen LogP contribution in [0.4, 0.5) is 5.69 Å². The molecule has 2 aromatic rings. The van der Waals surface area contributed by atoms with Gasteiger partial charge in [0.1, 0.15) is 0 Å². The fourth-order valence-corrected chi connectivity index (χ4v) is 3.42. The molecule has 5 nitrogen and oxygen atoms in total. The average molecular weight is 380 g/mol. The molecule has 1 aliphatic heterocycles. The van der Waals surface area contributed by atoms with E-state index in [2.05, 4.69) is 22.8 Å². The van der Waals surface area contributed by atoms with Gasteiger partial charge < -0.3 is 15.5 Å². The molecule has 1 heterocycles. The van der Waals surface area contributed by atoms with Crippen LogP contribution in [-0.2, 0) is 11.2 Å².